The van der Waals surface area contributed by atoms with Gasteiger partial charge in [-0.15, -0.1) is 0 Å². The van der Waals surface area contributed by atoms with E-state index in [4.69, 9.17) is 5.11 Å². The van der Waals surface area contributed by atoms with E-state index in [2.05, 4.69) is 10.6 Å². The summed E-state index contributed by atoms with van der Waals surface area (Å²) in [6.45, 7) is 3.99. The highest BCUT2D eigenvalue weighted by Crippen LogP contribution is 2.18. The molecule has 1 unspecified atom stereocenters. The summed E-state index contributed by atoms with van der Waals surface area (Å²) >= 11 is 0. The number of aliphatic hydroxyl groups is 1. The number of benzene rings is 1. The zero-order valence-electron chi connectivity index (χ0n) is 10.6. The molecule has 1 atom stereocenters. The minimum absolute atomic E-state index is 0.0448. The predicted molar refractivity (Wildman–Crippen MR) is 71.4 cm³/mol. The van der Waals surface area contributed by atoms with E-state index in [-0.39, 0.29) is 18.4 Å². The van der Waals surface area contributed by atoms with E-state index >= 15 is 0 Å². The second kappa shape index (κ2) is 5.98. The molecular formula is C14H20N2O2. The van der Waals surface area contributed by atoms with E-state index in [0.717, 1.165) is 24.3 Å². The average Bonchev–Trinajstić information content (AvgIpc) is 2.29. The monoisotopic (exact) mass is 248 g/mol. The second-order valence-electron chi connectivity index (χ2n) is 4.87. The Balaban J connectivity index is 1.89. The Morgan fingerprint density at radius 2 is 2.11 bits per heavy atom. The zero-order valence-corrected chi connectivity index (χ0v) is 10.6. The molecule has 0 spiro atoms. The van der Waals surface area contributed by atoms with Gasteiger partial charge in [0.05, 0.1) is 0 Å². The van der Waals surface area contributed by atoms with Crippen LogP contribution in [-0.4, -0.2) is 30.7 Å². The van der Waals surface area contributed by atoms with E-state index in [0.29, 0.717) is 12.3 Å². The van der Waals surface area contributed by atoms with Crippen LogP contribution < -0.4 is 10.6 Å². The molecule has 1 amide bonds. The van der Waals surface area contributed by atoms with Gasteiger partial charge in [0.25, 0.3) is 0 Å². The van der Waals surface area contributed by atoms with Crippen molar-refractivity contribution in [2.45, 2.75) is 13.3 Å². The maximum Gasteiger partial charge on any atom is 0.227 e. The number of hydrogen-bond acceptors (Lipinski definition) is 3. The summed E-state index contributed by atoms with van der Waals surface area (Å²) in [6, 6.07) is 7.63. The van der Waals surface area contributed by atoms with Crippen molar-refractivity contribution in [3.8, 4) is 0 Å². The first-order valence-electron chi connectivity index (χ1n) is 6.42. The van der Waals surface area contributed by atoms with Crippen LogP contribution >= 0.6 is 0 Å². The third kappa shape index (κ3) is 3.09. The molecule has 1 aliphatic heterocycles. The molecule has 4 heteroatoms. The summed E-state index contributed by atoms with van der Waals surface area (Å²) in [5.41, 5.74) is 1.90. The minimum Gasteiger partial charge on any atom is -0.396 e. The van der Waals surface area contributed by atoms with Crippen LogP contribution in [0, 0.1) is 11.8 Å². The second-order valence-corrected chi connectivity index (χ2v) is 4.87. The molecule has 0 radical (unpaired) electrons. The van der Waals surface area contributed by atoms with Crippen molar-refractivity contribution >= 4 is 11.6 Å². The van der Waals surface area contributed by atoms with Crippen LogP contribution in [0.25, 0.3) is 0 Å². The van der Waals surface area contributed by atoms with Crippen molar-refractivity contribution in [2.75, 3.05) is 25.0 Å². The number of nitrogens with one attached hydrogen (secondary N) is 2. The highest BCUT2D eigenvalue weighted by atomic mass is 16.2. The normalized spacial score (nSPS) is 17.0. The van der Waals surface area contributed by atoms with Crippen LogP contribution in [0.4, 0.5) is 5.69 Å². The molecule has 0 aromatic heterocycles. The number of rotatable bonds is 5. The van der Waals surface area contributed by atoms with Gasteiger partial charge in [-0.1, -0.05) is 19.1 Å². The number of anilines is 1. The number of aliphatic hydroxyl groups excluding tert-OH is 1. The largest absolute Gasteiger partial charge is 0.396 e. The summed E-state index contributed by atoms with van der Waals surface area (Å²) in [5, 5.41) is 14.9. The Morgan fingerprint density at radius 3 is 2.61 bits per heavy atom. The van der Waals surface area contributed by atoms with E-state index in [9.17, 15) is 4.79 Å². The van der Waals surface area contributed by atoms with E-state index in [1.54, 1.807) is 0 Å². The first-order chi connectivity index (χ1) is 8.70. The number of hydrogen-bond donors (Lipinski definition) is 3. The molecule has 0 bridgehead atoms. The summed E-state index contributed by atoms with van der Waals surface area (Å²) < 4.78 is 0. The number of amides is 1. The minimum atomic E-state index is 0.0448. The van der Waals surface area contributed by atoms with Crippen molar-refractivity contribution < 1.29 is 9.90 Å². The molecule has 1 aliphatic rings. The van der Waals surface area contributed by atoms with Crippen molar-refractivity contribution in [1.29, 1.82) is 0 Å². The van der Waals surface area contributed by atoms with Gasteiger partial charge >= 0.3 is 0 Å². The smallest absolute Gasteiger partial charge is 0.227 e. The summed E-state index contributed by atoms with van der Waals surface area (Å²) in [6.07, 6.45) is 0.651. The topological polar surface area (TPSA) is 61.4 Å². The average molecular weight is 248 g/mol. The Labute approximate surface area is 107 Å². The van der Waals surface area contributed by atoms with Crippen molar-refractivity contribution in [1.82, 2.24) is 5.32 Å². The van der Waals surface area contributed by atoms with Crippen LogP contribution in [0.3, 0.4) is 0 Å². The van der Waals surface area contributed by atoms with E-state index < -0.39 is 0 Å². The summed E-state index contributed by atoms with van der Waals surface area (Å²) in [4.78, 5) is 12.0. The van der Waals surface area contributed by atoms with Gasteiger partial charge in [0.1, 0.15) is 0 Å². The van der Waals surface area contributed by atoms with Crippen LogP contribution in [0.1, 0.15) is 12.5 Å². The molecule has 1 fully saturated rings. The number of carbonyl (C=O) groups excluding carboxylic acids is 1. The molecular weight excluding hydrogens is 228 g/mol. The molecule has 4 nitrogen and oxygen atoms in total. The van der Waals surface area contributed by atoms with Gasteiger partial charge < -0.3 is 15.7 Å². The SMILES string of the molecule is CC(C(=O)Nc1ccc(CCO)cc1)C1CNC1. The summed E-state index contributed by atoms with van der Waals surface area (Å²) in [5.74, 6) is 0.582. The Bertz CT molecular complexity index is 399. The Morgan fingerprint density at radius 1 is 1.44 bits per heavy atom. The standard InChI is InChI=1S/C14H20N2O2/c1-10(12-8-15-9-12)14(18)16-13-4-2-11(3-5-13)6-7-17/h2-5,10,12,15,17H,6-9H2,1H3,(H,16,18). The zero-order chi connectivity index (χ0) is 13.0. The molecule has 2 rings (SSSR count). The van der Waals surface area contributed by atoms with Crippen molar-refractivity contribution in [2.24, 2.45) is 11.8 Å². The molecule has 1 aromatic rings. The highest BCUT2D eigenvalue weighted by molar-refractivity contribution is 5.92. The van der Waals surface area contributed by atoms with Gasteiger partial charge in [0.2, 0.25) is 5.91 Å². The fraction of sp³-hybridized carbons (Fsp3) is 0.500. The van der Waals surface area contributed by atoms with Crippen LogP contribution in [0.2, 0.25) is 0 Å². The fourth-order valence-electron chi connectivity index (χ4n) is 2.02. The third-order valence-electron chi connectivity index (χ3n) is 3.56. The van der Waals surface area contributed by atoms with Gasteiger partial charge in [-0.3, -0.25) is 4.79 Å². The fourth-order valence-corrected chi connectivity index (χ4v) is 2.02. The Kier molecular flexibility index (Phi) is 4.33. The molecule has 18 heavy (non-hydrogen) atoms. The number of carbonyl (C=O) groups is 1. The Hall–Kier alpha value is -1.39. The van der Waals surface area contributed by atoms with Gasteiger partial charge in [0.15, 0.2) is 0 Å². The summed E-state index contributed by atoms with van der Waals surface area (Å²) in [7, 11) is 0. The lowest BCUT2D eigenvalue weighted by Gasteiger charge is -2.31. The van der Waals surface area contributed by atoms with Gasteiger partial charge in [0, 0.05) is 18.2 Å². The molecule has 1 aromatic carbocycles. The molecule has 1 heterocycles. The molecule has 0 saturated carbocycles. The van der Waals surface area contributed by atoms with Gasteiger partial charge in [-0.05, 0) is 43.1 Å². The first kappa shape index (κ1) is 13.1. The lowest BCUT2D eigenvalue weighted by molar-refractivity contribution is -0.121. The molecule has 3 N–H and O–H groups in total. The quantitative estimate of drug-likeness (QED) is 0.729. The molecule has 1 saturated heterocycles. The van der Waals surface area contributed by atoms with Gasteiger partial charge in [-0.2, -0.15) is 0 Å². The first-order valence-corrected chi connectivity index (χ1v) is 6.42. The molecule has 0 aliphatic carbocycles. The molecule has 98 valence electrons. The van der Waals surface area contributed by atoms with E-state index in [1.165, 1.54) is 0 Å². The van der Waals surface area contributed by atoms with Crippen molar-refractivity contribution in [3.63, 3.8) is 0 Å². The lowest BCUT2D eigenvalue weighted by Crippen LogP contribution is -2.48. The van der Waals surface area contributed by atoms with Crippen LogP contribution in [0.5, 0.6) is 0 Å². The lowest BCUT2D eigenvalue weighted by atomic mass is 9.88. The van der Waals surface area contributed by atoms with Gasteiger partial charge in [-0.25, -0.2) is 0 Å². The predicted octanol–water partition coefficient (Wildman–Crippen LogP) is 1.02. The third-order valence-corrected chi connectivity index (χ3v) is 3.56. The van der Waals surface area contributed by atoms with Crippen LogP contribution in [0.15, 0.2) is 24.3 Å². The van der Waals surface area contributed by atoms with E-state index in [1.807, 2.05) is 31.2 Å². The van der Waals surface area contributed by atoms with Crippen molar-refractivity contribution in [3.05, 3.63) is 29.8 Å². The van der Waals surface area contributed by atoms with Crippen LogP contribution in [-0.2, 0) is 11.2 Å². The maximum atomic E-state index is 12.0. The maximum absolute atomic E-state index is 12.0. The highest BCUT2D eigenvalue weighted by Gasteiger charge is 2.28.